The monoisotopic (exact) mass is 238 g/mol. The van der Waals surface area contributed by atoms with Crippen molar-refractivity contribution in [1.29, 1.82) is 0 Å². The molecular formula is C13H22N2O2. The van der Waals surface area contributed by atoms with Crippen molar-refractivity contribution in [2.75, 3.05) is 6.54 Å². The molecule has 3 unspecified atom stereocenters. The summed E-state index contributed by atoms with van der Waals surface area (Å²) >= 11 is 0. The maximum atomic E-state index is 12.2. The fraction of sp³-hybridized carbons (Fsp3) is 0.846. The summed E-state index contributed by atoms with van der Waals surface area (Å²) < 4.78 is 0. The van der Waals surface area contributed by atoms with Crippen LogP contribution in [-0.4, -0.2) is 35.3 Å². The van der Waals surface area contributed by atoms with Crippen LogP contribution in [-0.2, 0) is 9.59 Å². The Hall–Kier alpha value is -1.06. The lowest BCUT2D eigenvalue weighted by Gasteiger charge is -2.39. The third kappa shape index (κ3) is 2.45. The van der Waals surface area contributed by atoms with E-state index < -0.39 is 0 Å². The fourth-order valence-electron chi connectivity index (χ4n) is 2.44. The maximum absolute atomic E-state index is 12.2. The fourth-order valence-corrected chi connectivity index (χ4v) is 2.44. The summed E-state index contributed by atoms with van der Waals surface area (Å²) in [4.78, 5) is 26.0. The first-order chi connectivity index (χ1) is 8.04. The molecule has 17 heavy (non-hydrogen) atoms. The molecule has 0 aromatic rings. The van der Waals surface area contributed by atoms with E-state index in [1.165, 1.54) is 0 Å². The van der Waals surface area contributed by atoms with Gasteiger partial charge in [-0.25, -0.2) is 0 Å². The van der Waals surface area contributed by atoms with Crippen LogP contribution in [0.3, 0.4) is 0 Å². The van der Waals surface area contributed by atoms with Crippen molar-refractivity contribution < 1.29 is 9.59 Å². The summed E-state index contributed by atoms with van der Waals surface area (Å²) in [5.41, 5.74) is 0. The molecule has 4 heteroatoms. The summed E-state index contributed by atoms with van der Waals surface area (Å²) in [5, 5.41) is 2.79. The minimum atomic E-state index is -0.360. The molecule has 1 N–H and O–H groups in total. The second kappa shape index (κ2) is 4.67. The highest BCUT2D eigenvalue weighted by Crippen LogP contribution is 2.37. The van der Waals surface area contributed by atoms with Gasteiger partial charge in [0.05, 0.1) is 0 Å². The van der Waals surface area contributed by atoms with Crippen molar-refractivity contribution in [1.82, 2.24) is 10.2 Å². The number of piperazine rings is 1. The lowest BCUT2D eigenvalue weighted by Crippen LogP contribution is -2.63. The molecule has 1 saturated heterocycles. The molecule has 0 radical (unpaired) electrons. The first-order valence-electron chi connectivity index (χ1n) is 6.65. The van der Waals surface area contributed by atoms with Crippen molar-refractivity contribution in [2.45, 2.75) is 52.1 Å². The molecule has 4 nitrogen and oxygen atoms in total. The van der Waals surface area contributed by atoms with E-state index in [0.29, 0.717) is 18.4 Å². The molecule has 1 aliphatic carbocycles. The highest BCUT2D eigenvalue weighted by molar-refractivity contribution is 5.97. The molecule has 3 atom stereocenters. The van der Waals surface area contributed by atoms with Crippen LogP contribution in [0.1, 0.15) is 40.0 Å². The van der Waals surface area contributed by atoms with Gasteiger partial charge in [0, 0.05) is 6.54 Å². The number of carbonyl (C=O) groups excluding carboxylic acids is 2. The Labute approximate surface area is 103 Å². The van der Waals surface area contributed by atoms with E-state index in [1.807, 2.05) is 4.90 Å². The van der Waals surface area contributed by atoms with Crippen molar-refractivity contribution in [2.24, 2.45) is 11.8 Å². The highest BCUT2D eigenvalue weighted by atomic mass is 16.2. The van der Waals surface area contributed by atoms with Gasteiger partial charge in [-0.3, -0.25) is 9.59 Å². The van der Waals surface area contributed by atoms with Crippen LogP contribution in [0.15, 0.2) is 0 Å². The summed E-state index contributed by atoms with van der Waals surface area (Å²) in [7, 11) is 0. The van der Waals surface area contributed by atoms with E-state index in [4.69, 9.17) is 0 Å². The van der Waals surface area contributed by atoms with Crippen molar-refractivity contribution >= 4 is 11.8 Å². The van der Waals surface area contributed by atoms with Gasteiger partial charge in [-0.1, -0.05) is 20.3 Å². The quantitative estimate of drug-likeness (QED) is 0.799. The van der Waals surface area contributed by atoms with E-state index >= 15 is 0 Å². The van der Waals surface area contributed by atoms with Gasteiger partial charge < -0.3 is 10.2 Å². The minimum Gasteiger partial charge on any atom is -0.343 e. The van der Waals surface area contributed by atoms with Gasteiger partial charge in [0.25, 0.3) is 0 Å². The zero-order valence-electron chi connectivity index (χ0n) is 10.9. The number of nitrogens with one attached hydrogen (secondary N) is 1. The van der Waals surface area contributed by atoms with Gasteiger partial charge in [-0.15, -0.1) is 0 Å². The molecule has 0 spiro atoms. The molecule has 0 aromatic carbocycles. The standard InChI is InChI=1S/C13H22N2O2/c1-4-8(2)7-15-11(10-5-6-10)12(16)14-9(3)13(15)17/h8-11H,4-7H2,1-3H3,(H,14,16). The van der Waals surface area contributed by atoms with Gasteiger partial charge in [-0.2, -0.15) is 0 Å². The Balaban J connectivity index is 2.14. The number of amides is 2. The van der Waals surface area contributed by atoms with E-state index in [1.54, 1.807) is 6.92 Å². The van der Waals surface area contributed by atoms with Gasteiger partial charge >= 0.3 is 0 Å². The van der Waals surface area contributed by atoms with Crippen molar-refractivity contribution in [3.05, 3.63) is 0 Å². The zero-order valence-corrected chi connectivity index (χ0v) is 10.9. The van der Waals surface area contributed by atoms with E-state index in [9.17, 15) is 9.59 Å². The summed E-state index contributed by atoms with van der Waals surface area (Å²) in [6, 6.07) is -0.561. The largest absolute Gasteiger partial charge is 0.343 e. The average molecular weight is 238 g/mol. The topological polar surface area (TPSA) is 49.4 Å². The predicted octanol–water partition coefficient (Wildman–Crippen LogP) is 1.16. The first kappa shape index (κ1) is 12.4. The number of nitrogens with zero attached hydrogens (tertiary/aromatic N) is 1. The van der Waals surface area contributed by atoms with E-state index in [0.717, 1.165) is 19.3 Å². The summed E-state index contributed by atoms with van der Waals surface area (Å²) in [6.45, 7) is 6.74. The SMILES string of the molecule is CCC(C)CN1C(=O)C(C)NC(=O)C1C1CC1. The van der Waals surface area contributed by atoms with Crippen LogP contribution >= 0.6 is 0 Å². The lowest BCUT2D eigenvalue weighted by atomic mass is 10.0. The third-order valence-electron chi connectivity index (χ3n) is 3.89. The zero-order chi connectivity index (χ0) is 12.6. The van der Waals surface area contributed by atoms with Crippen LogP contribution in [0.2, 0.25) is 0 Å². The molecule has 2 rings (SSSR count). The van der Waals surface area contributed by atoms with Crippen LogP contribution < -0.4 is 5.32 Å². The molecule has 2 amide bonds. The number of rotatable bonds is 4. The number of hydrogen-bond donors (Lipinski definition) is 1. The van der Waals surface area contributed by atoms with Gasteiger partial charge in [0.15, 0.2) is 0 Å². The van der Waals surface area contributed by atoms with Crippen molar-refractivity contribution in [3.63, 3.8) is 0 Å². The Morgan fingerprint density at radius 2 is 2.06 bits per heavy atom. The summed E-state index contributed by atoms with van der Waals surface area (Å²) in [5.74, 6) is 0.985. The Morgan fingerprint density at radius 1 is 1.41 bits per heavy atom. The molecule has 2 aliphatic rings. The second-order valence-electron chi connectivity index (χ2n) is 5.52. The molecular weight excluding hydrogens is 216 g/mol. The average Bonchev–Trinajstić information content (AvgIpc) is 3.09. The highest BCUT2D eigenvalue weighted by Gasteiger charge is 2.46. The third-order valence-corrected chi connectivity index (χ3v) is 3.89. The molecule has 0 bridgehead atoms. The van der Waals surface area contributed by atoms with Crippen LogP contribution in [0.4, 0.5) is 0 Å². The Bertz CT molecular complexity index is 325. The maximum Gasteiger partial charge on any atom is 0.245 e. The minimum absolute atomic E-state index is 0.0444. The van der Waals surface area contributed by atoms with Gasteiger partial charge in [-0.05, 0) is 31.6 Å². The van der Waals surface area contributed by atoms with E-state index in [2.05, 4.69) is 19.2 Å². The molecule has 1 heterocycles. The number of hydrogen-bond acceptors (Lipinski definition) is 2. The van der Waals surface area contributed by atoms with Crippen molar-refractivity contribution in [3.8, 4) is 0 Å². The summed E-state index contributed by atoms with van der Waals surface area (Å²) in [6.07, 6.45) is 3.20. The molecule has 0 aromatic heterocycles. The second-order valence-corrected chi connectivity index (χ2v) is 5.52. The predicted molar refractivity (Wildman–Crippen MR) is 65.3 cm³/mol. The van der Waals surface area contributed by atoms with Gasteiger partial charge in [0.1, 0.15) is 12.1 Å². The van der Waals surface area contributed by atoms with Crippen LogP contribution in [0.5, 0.6) is 0 Å². The smallest absolute Gasteiger partial charge is 0.245 e. The number of carbonyl (C=O) groups is 2. The van der Waals surface area contributed by atoms with Crippen LogP contribution in [0, 0.1) is 11.8 Å². The Morgan fingerprint density at radius 3 is 2.59 bits per heavy atom. The molecule has 1 aliphatic heterocycles. The lowest BCUT2D eigenvalue weighted by molar-refractivity contribution is -0.150. The molecule has 96 valence electrons. The van der Waals surface area contributed by atoms with E-state index in [-0.39, 0.29) is 23.9 Å². The van der Waals surface area contributed by atoms with Gasteiger partial charge in [0.2, 0.25) is 11.8 Å². The normalized spacial score (nSPS) is 31.4. The Kier molecular flexibility index (Phi) is 3.40. The van der Waals surface area contributed by atoms with Crippen LogP contribution in [0.25, 0.3) is 0 Å². The molecule has 2 fully saturated rings. The first-order valence-corrected chi connectivity index (χ1v) is 6.65. The molecule has 1 saturated carbocycles.